The molecule has 7 heteroatoms. The Bertz CT molecular complexity index is 499. The van der Waals surface area contributed by atoms with Gasteiger partial charge in [-0.05, 0) is 38.3 Å². The highest BCUT2D eigenvalue weighted by atomic mass is 32.2. The zero-order valence-corrected chi connectivity index (χ0v) is 13.1. The molecule has 0 bridgehead atoms. The number of thioether (sulfide) groups is 1. The number of nitrogens with two attached hydrogens (primary N) is 1. The van der Waals surface area contributed by atoms with Gasteiger partial charge in [0.15, 0.2) is 0 Å². The third-order valence-corrected chi connectivity index (χ3v) is 4.34. The van der Waals surface area contributed by atoms with Crippen LogP contribution in [-0.2, 0) is 6.18 Å². The minimum atomic E-state index is -4.41. The van der Waals surface area contributed by atoms with Crippen molar-refractivity contribution in [2.45, 2.75) is 24.8 Å². The number of hydrogen-bond donors (Lipinski definition) is 2. The Labute approximate surface area is 126 Å². The summed E-state index contributed by atoms with van der Waals surface area (Å²) in [6.45, 7) is 4.67. The second-order valence-electron chi connectivity index (χ2n) is 4.94. The number of nitrogens with one attached hydrogen (secondary N) is 1. The number of thiocarbonyl (C=S) groups is 1. The van der Waals surface area contributed by atoms with Crippen molar-refractivity contribution in [3.63, 3.8) is 0 Å². The third-order valence-electron chi connectivity index (χ3n) is 2.87. The quantitative estimate of drug-likeness (QED) is 0.807. The number of alkyl halides is 3. The zero-order chi connectivity index (χ0) is 15.6. The molecule has 1 aromatic carbocycles. The molecule has 0 unspecified atom stereocenters. The second kappa shape index (κ2) is 6.22. The van der Waals surface area contributed by atoms with Crippen molar-refractivity contribution in [2.75, 3.05) is 18.1 Å². The molecule has 0 aliphatic carbocycles. The van der Waals surface area contributed by atoms with Gasteiger partial charge in [-0.25, -0.2) is 0 Å². The van der Waals surface area contributed by atoms with Crippen LogP contribution in [0, 0.1) is 0 Å². The van der Waals surface area contributed by atoms with Crippen molar-refractivity contribution in [3.05, 3.63) is 29.3 Å². The van der Waals surface area contributed by atoms with Crippen LogP contribution in [0.5, 0.6) is 0 Å². The molecule has 1 rings (SSSR count). The number of benzene rings is 1. The largest absolute Gasteiger partial charge is 0.416 e. The van der Waals surface area contributed by atoms with Gasteiger partial charge in [-0.2, -0.15) is 24.9 Å². The van der Waals surface area contributed by atoms with Crippen molar-refractivity contribution < 1.29 is 13.2 Å². The highest BCUT2D eigenvalue weighted by Gasteiger charge is 2.31. The van der Waals surface area contributed by atoms with Crippen molar-refractivity contribution in [3.8, 4) is 0 Å². The van der Waals surface area contributed by atoms with Gasteiger partial charge in [-0.3, -0.25) is 0 Å². The van der Waals surface area contributed by atoms with E-state index in [9.17, 15) is 13.2 Å². The molecular weight excluding hydrogens is 305 g/mol. The molecule has 0 aliphatic rings. The maximum Gasteiger partial charge on any atom is 0.416 e. The summed E-state index contributed by atoms with van der Waals surface area (Å²) in [6, 6.07) is 3.38. The van der Waals surface area contributed by atoms with Gasteiger partial charge in [0, 0.05) is 22.5 Å². The summed E-state index contributed by atoms with van der Waals surface area (Å²) in [7, 11) is 0. The molecule has 0 amide bonds. The molecule has 0 spiro atoms. The fourth-order valence-electron chi connectivity index (χ4n) is 1.46. The summed E-state index contributed by atoms with van der Waals surface area (Å²) in [6.07, 6.45) is -2.43. The van der Waals surface area contributed by atoms with E-state index in [4.69, 9.17) is 18.0 Å². The molecule has 0 atom stereocenters. The monoisotopic (exact) mass is 322 g/mol. The van der Waals surface area contributed by atoms with Crippen molar-refractivity contribution in [2.24, 2.45) is 5.73 Å². The van der Waals surface area contributed by atoms with Crippen molar-refractivity contribution >= 4 is 34.7 Å². The highest BCUT2D eigenvalue weighted by molar-refractivity contribution is 7.99. The molecule has 0 saturated carbocycles. The SMILES string of the molecule is CSC(C)(C)CNc1ccc(C(F)(F)F)cc1C(N)=S. The summed E-state index contributed by atoms with van der Waals surface area (Å²) in [4.78, 5) is -0.0550. The van der Waals surface area contributed by atoms with E-state index in [0.29, 0.717) is 12.2 Å². The predicted octanol–water partition coefficient (Wildman–Crippen LogP) is 3.89. The molecular formula is C13H17F3N2S2. The molecule has 20 heavy (non-hydrogen) atoms. The van der Waals surface area contributed by atoms with Gasteiger partial charge in [0.2, 0.25) is 0 Å². The number of anilines is 1. The fourth-order valence-corrected chi connectivity index (χ4v) is 1.84. The smallest absolute Gasteiger partial charge is 0.389 e. The van der Waals surface area contributed by atoms with E-state index in [1.165, 1.54) is 6.07 Å². The number of hydrogen-bond acceptors (Lipinski definition) is 3. The lowest BCUT2D eigenvalue weighted by atomic mass is 10.1. The van der Waals surface area contributed by atoms with Gasteiger partial charge in [0.25, 0.3) is 0 Å². The van der Waals surface area contributed by atoms with Gasteiger partial charge in [-0.15, -0.1) is 0 Å². The molecule has 2 nitrogen and oxygen atoms in total. The molecule has 0 aromatic heterocycles. The summed E-state index contributed by atoms with van der Waals surface area (Å²) in [5.74, 6) is 0. The van der Waals surface area contributed by atoms with Crippen molar-refractivity contribution in [1.82, 2.24) is 0 Å². The summed E-state index contributed by atoms with van der Waals surface area (Å²) in [5.41, 5.74) is 5.50. The van der Waals surface area contributed by atoms with Gasteiger partial charge < -0.3 is 11.1 Å². The minimum absolute atomic E-state index is 0.0455. The van der Waals surface area contributed by atoms with Crippen LogP contribution in [-0.4, -0.2) is 22.5 Å². The molecule has 3 N–H and O–H groups in total. The van der Waals surface area contributed by atoms with Crippen LogP contribution in [0.15, 0.2) is 18.2 Å². The van der Waals surface area contributed by atoms with Crippen LogP contribution in [0.25, 0.3) is 0 Å². The van der Waals surface area contributed by atoms with Gasteiger partial charge in [0.05, 0.1) is 5.56 Å². The number of halogens is 3. The van der Waals surface area contributed by atoms with Crippen LogP contribution in [0.3, 0.4) is 0 Å². The first-order chi connectivity index (χ1) is 9.07. The van der Waals surface area contributed by atoms with E-state index in [0.717, 1.165) is 12.1 Å². The van der Waals surface area contributed by atoms with Crippen LogP contribution < -0.4 is 11.1 Å². The first-order valence-corrected chi connectivity index (χ1v) is 7.50. The summed E-state index contributed by atoms with van der Waals surface area (Å²) in [5, 5.41) is 3.11. The van der Waals surface area contributed by atoms with Gasteiger partial charge in [0.1, 0.15) is 4.99 Å². The second-order valence-corrected chi connectivity index (χ2v) is 6.89. The normalized spacial score (nSPS) is 12.3. The lowest BCUT2D eigenvalue weighted by Crippen LogP contribution is -2.27. The van der Waals surface area contributed by atoms with E-state index in [2.05, 4.69) is 5.32 Å². The third kappa shape index (κ3) is 4.56. The maximum absolute atomic E-state index is 12.7. The van der Waals surface area contributed by atoms with E-state index < -0.39 is 11.7 Å². The Morgan fingerprint density at radius 2 is 1.95 bits per heavy atom. The predicted molar refractivity (Wildman–Crippen MR) is 83.4 cm³/mol. The lowest BCUT2D eigenvalue weighted by Gasteiger charge is -2.24. The topological polar surface area (TPSA) is 38.0 Å². The average Bonchev–Trinajstić information content (AvgIpc) is 2.35. The molecule has 112 valence electrons. The molecule has 0 radical (unpaired) electrons. The summed E-state index contributed by atoms with van der Waals surface area (Å²) >= 11 is 6.49. The minimum Gasteiger partial charge on any atom is -0.389 e. The molecule has 0 aliphatic heterocycles. The summed E-state index contributed by atoms with van der Waals surface area (Å²) < 4.78 is 38.0. The van der Waals surface area contributed by atoms with E-state index in [1.807, 2.05) is 20.1 Å². The standard InChI is InChI=1S/C13H17F3N2S2/c1-12(2,20-3)7-18-10-5-4-8(13(14,15)16)6-9(10)11(17)19/h4-6,18H,7H2,1-3H3,(H2,17,19). The van der Waals surface area contributed by atoms with E-state index >= 15 is 0 Å². The highest BCUT2D eigenvalue weighted by Crippen LogP contribution is 2.32. The Morgan fingerprint density at radius 3 is 2.40 bits per heavy atom. The first-order valence-electron chi connectivity index (χ1n) is 5.87. The maximum atomic E-state index is 12.7. The van der Waals surface area contributed by atoms with Crippen LogP contribution >= 0.6 is 24.0 Å². The Hall–Kier alpha value is -0.950. The molecule has 0 fully saturated rings. The average molecular weight is 322 g/mol. The van der Waals surface area contributed by atoms with Gasteiger partial charge >= 0.3 is 6.18 Å². The van der Waals surface area contributed by atoms with Crippen molar-refractivity contribution in [1.29, 1.82) is 0 Å². The Morgan fingerprint density at radius 1 is 1.35 bits per heavy atom. The number of rotatable bonds is 5. The van der Waals surface area contributed by atoms with E-state index in [-0.39, 0.29) is 15.3 Å². The molecule has 0 saturated heterocycles. The van der Waals surface area contributed by atoms with Gasteiger partial charge in [-0.1, -0.05) is 12.2 Å². The molecule has 0 heterocycles. The Balaban J connectivity index is 3.06. The van der Waals surface area contributed by atoms with Crippen LogP contribution in [0.4, 0.5) is 18.9 Å². The first kappa shape index (κ1) is 17.1. The molecule has 1 aromatic rings. The van der Waals surface area contributed by atoms with E-state index in [1.54, 1.807) is 11.8 Å². The fraction of sp³-hybridized carbons (Fsp3) is 0.462. The van der Waals surface area contributed by atoms with Crippen LogP contribution in [0.1, 0.15) is 25.0 Å². The Kier molecular flexibility index (Phi) is 5.32. The zero-order valence-electron chi connectivity index (χ0n) is 11.5. The lowest BCUT2D eigenvalue weighted by molar-refractivity contribution is -0.137. The van der Waals surface area contributed by atoms with Crippen LogP contribution in [0.2, 0.25) is 0 Å².